The number of aryl methyl sites for hydroxylation is 1. The molecular formula is C18H16N4O3S. The number of nitrogens with zero attached hydrogens (tertiary/aromatic N) is 3. The third-order valence-electron chi connectivity index (χ3n) is 4.64. The Kier molecular flexibility index (Phi) is 4.12. The first-order chi connectivity index (χ1) is 12.5. The summed E-state index contributed by atoms with van der Waals surface area (Å²) in [5.74, 6) is -1.17. The highest BCUT2D eigenvalue weighted by atomic mass is 32.1. The van der Waals surface area contributed by atoms with Gasteiger partial charge in [-0.2, -0.15) is 0 Å². The van der Waals surface area contributed by atoms with Crippen LogP contribution in [-0.2, 0) is 9.59 Å². The minimum absolute atomic E-state index is 0.161. The highest BCUT2D eigenvalue weighted by Gasteiger charge is 2.47. The molecule has 0 radical (unpaired) electrons. The summed E-state index contributed by atoms with van der Waals surface area (Å²) in [4.78, 5) is 38.7. The van der Waals surface area contributed by atoms with E-state index < -0.39 is 0 Å². The van der Waals surface area contributed by atoms with Crippen molar-refractivity contribution >= 4 is 39.9 Å². The van der Waals surface area contributed by atoms with Gasteiger partial charge in [0.2, 0.25) is 16.9 Å². The van der Waals surface area contributed by atoms with E-state index in [4.69, 9.17) is 0 Å². The molecule has 1 saturated heterocycles. The van der Waals surface area contributed by atoms with Crippen LogP contribution in [0.1, 0.15) is 28.2 Å². The van der Waals surface area contributed by atoms with Crippen molar-refractivity contribution < 1.29 is 14.4 Å². The van der Waals surface area contributed by atoms with Gasteiger partial charge in [0.05, 0.1) is 17.5 Å². The second-order valence-corrected chi connectivity index (χ2v) is 7.48. The number of anilines is 2. The summed E-state index contributed by atoms with van der Waals surface area (Å²) in [6.45, 7) is 1.80. The standard InChI is InChI=1S/C18H16N4O3S/c1-10-20-21-18(26-10)19-15(23)11-6-8-12(9-7-11)22-16(24)13-4-2-3-5-14(13)17(22)25/h2-3,6-9,13-14H,4-5H2,1H3,(H,19,21,23). The Balaban J connectivity index is 1.52. The summed E-state index contributed by atoms with van der Waals surface area (Å²) >= 11 is 1.29. The molecule has 2 aliphatic rings. The van der Waals surface area contributed by atoms with E-state index in [1.165, 1.54) is 16.2 Å². The number of hydrogen-bond acceptors (Lipinski definition) is 6. The number of imide groups is 1. The van der Waals surface area contributed by atoms with Crippen LogP contribution in [0.4, 0.5) is 10.8 Å². The van der Waals surface area contributed by atoms with Crippen molar-refractivity contribution in [1.29, 1.82) is 0 Å². The van der Waals surface area contributed by atoms with Gasteiger partial charge in [0.1, 0.15) is 5.01 Å². The fraction of sp³-hybridized carbons (Fsp3) is 0.278. The summed E-state index contributed by atoms with van der Waals surface area (Å²) < 4.78 is 0. The van der Waals surface area contributed by atoms with Gasteiger partial charge in [-0.05, 0) is 44.0 Å². The molecule has 0 spiro atoms. The normalized spacial score (nSPS) is 21.8. The van der Waals surface area contributed by atoms with Crippen molar-refractivity contribution in [3.63, 3.8) is 0 Å². The van der Waals surface area contributed by atoms with Gasteiger partial charge in [-0.3, -0.25) is 24.6 Å². The number of benzene rings is 1. The summed E-state index contributed by atoms with van der Waals surface area (Å²) in [6.07, 6.45) is 5.12. The van der Waals surface area contributed by atoms with Crippen LogP contribution in [0.25, 0.3) is 0 Å². The fourth-order valence-corrected chi connectivity index (χ4v) is 3.92. The number of allylic oxidation sites excluding steroid dienone is 2. The molecular weight excluding hydrogens is 352 g/mol. The molecule has 7 nitrogen and oxygen atoms in total. The predicted molar refractivity (Wildman–Crippen MR) is 96.9 cm³/mol. The van der Waals surface area contributed by atoms with Crippen LogP contribution in [0.15, 0.2) is 36.4 Å². The molecule has 26 heavy (non-hydrogen) atoms. The third kappa shape index (κ3) is 2.82. The average Bonchev–Trinajstić information content (AvgIpc) is 3.17. The number of nitrogens with one attached hydrogen (secondary N) is 1. The lowest BCUT2D eigenvalue weighted by molar-refractivity contribution is -0.122. The smallest absolute Gasteiger partial charge is 0.257 e. The molecule has 2 heterocycles. The molecule has 2 aromatic rings. The topological polar surface area (TPSA) is 92.3 Å². The van der Waals surface area contributed by atoms with Crippen LogP contribution in [0.5, 0.6) is 0 Å². The second kappa shape index (κ2) is 6.45. The molecule has 1 aliphatic heterocycles. The largest absolute Gasteiger partial charge is 0.296 e. The number of hydrogen-bond donors (Lipinski definition) is 1. The van der Waals surface area contributed by atoms with Gasteiger partial charge in [-0.25, -0.2) is 0 Å². The van der Waals surface area contributed by atoms with E-state index in [9.17, 15) is 14.4 Å². The SMILES string of the molecule is Cc1nnc(NC(=O)c2ccc(N3C(=O)C4CC=CCC4C3=O)cc2)s1. The molecule has 0 bridgehead atoms. The van der Waals surface area contributed by atoms with E-state index >= 15 is 0 Å². The first-order valence-electron chi connectivity index (χ1n) is 8.29. The van der Waals surface area contributed by atoms with Crippen molar-refractivity contribution in [2.45, 2.75) is 19.8 Å². The maximum absolute atomic E-state index is 12.6. The molecule has 132 valence electrons. The first-order valence-corrected chi connectivity index (χ1v) is 9.10. The number of amides is 3. The van der Waals surface area contributed by atoms with Crippen LogP contribution >= 0.6 is 11.3 Å². The molecule has 1 N–H and O–H groups in total. The van der Waals surface area contributed by atoms with Crippen molar-refractivity contribution in [2.24, 2.45) is 11.8 Å². The third-order valence-corrected chi connectivity index (χ3v) is 5.40. The van der Waals surface area contributed by atoms with Gasteiger partial charge in [-0.1, -0.05) is 23.5 Å². The van der Waals surface area contributed by atoms with E-state index in [2.05, 4.69) is 15.5 Å². The molecule has 1 aliphatic carbocycles. The quantitative estimate of drug-likeness (QED) is 0.664. The highest BCUT2D eigenvalue weighted by Crippen LogP contribution is 2.37. The monoisotopic (exact) mass is 368 g/mol. The van der Waals surface area contributed by atoms with E-state index in [1.807, 2.05) is 12.2 Å². The molecule has 0 saturated carbocycles. The molecule has 2 atom stereocenters. The van der Waals surface area contributed by atoms with Crippen LogP contribution in [-0.4, -0.2) is 27.9 Å². The van der Waals surface area contributed by atoms with Crippen molar-refractivity contribution in [1.82, 2.24) is 10.2 Å². The van der Waals surface area contributed by atoms with Crippen LogP contribution in [0, 0.1) is 18.8 Å². The Morgan fingerprint density at radius 2 is 1.69 bits per heavy atom. The number of carbonyl (C=O) groups is 3. The molecule has 8 heteroatoms. The van der Waals surface area contributed by atoms with Crippen LogP contribution in [0.3, 0.4) is 0 Å². The van der Waals surface area contributed by atoms with Gasteiger partial charge in [0.25, 0.3) is 5.91 Å². The van der Waals surface area contributed by atoms with Gasteiger partial charge < -0.3 is 0 Å². The zero-order valence-electron chi connectivity index (χ0n) is 14.0. The lowest BCUT2D eigenvalue weighted by Gasteiger charge is -2.15. The molecule has 1 aromatic carbocycles. The summed E-state index contributed by atoms with van der Waals surface area (Å²) in [5.41, 5.74) is 0.914. The average molecular weight is 368 g/mol. The van der Waals surface area contributed by atoms with E-state index in [-0.39, 0.29) is 29.6 Å². The minimum Gasteiger partial charge on any atom is -0.296 e. The van der Waals surface area contributed by atoms with Crippen molar-refractivity contribution in [3.05, 3.63) is 47.0 Å². The lowest BCUT2D eigenvalue weighted by atomic mass is 9.85. The van der Waals surface area contributed by atoms with Gasteiger partial charge >= 0.3 is 0 Å². The van der Waals surface area contributed by atoms with Gasteiger partial charge in [-0.15, -0.1) is 10.2 Å². The zero-order valence-corrected chi connectivity index (χ0v) is 14.8. The van der Waals surface area contributed by atoms with E-state index in [0.717, 1.165) is 5.01 Å². The highest BCUT2D eigenvalue weighted by molar-refractivity contribution is 7.15. The van der Waals surface area contributed by atoms with Crippen molar-refractivity contribution in [2.75, 3.05) is 10.2 Å². The van der Waals surface area contributed by atoms with Crippen molar-refractivity contribution in [3.8, 4) is 0 Å². The molecule has 4 rings (SSSR count). The summed E-state index contributed by atoms with van der Waals surface area (Å²) in [7, 11) is 0. The molecule has 3 amide bonds. The maximum atomic E-state index is 12.6. The number of fused-ring (bicyclic) bond motifs is 1. The lowest BCUT2D eigenvalue weighted by Crippen LogP contribution is -2.30. The number of aromatic nitrogens is 2. The van der Waals surface area contributed by atoms with Crippen LogP contribution in [0.2, 0.25) is 0 Å². The Labute approximate surface area is 153 Å². The second-order valence-electron chi connectivity index (χ2n) is 6.29. The summed E-state index contributed by atoms with van der Waals surface area (Å²) in [5, 5.41) is 11.6. The number of carbonyl (C=O) groups excluding carboxylic acids is 3. The predicted octanol–water partition coefficient (Wildman–Crippen LogP) is 2.55. The molecule has 1 aromatic heterocycles. The first kappa shape index (κ1) is 16.6. The Bertz CT molecular complexity index is 893. The minimum atomic E-state index is -0.315. The van der Waals surface area contributed by atoms with Gasteiger partial charge in [0, 0.05) is 5.56 Å². The Morgan fingerprint density at radius 3 is 2.23 bits per heavy atom. The maximum Gasteiger partial charge on any atom is 0.257 e. The Morgan fingerprint density at radius 1 is 1.08 bits per heavy atom. The number of rotatable bonds is 3. The molecule has 1 fully saturated rings. The van der Waals surface area contributed by atoms with E-state index in [0.29, 0.717) is 29.2 Å². The van der Waals surface area contributed by atoms with Crippen LogP contribution < -0.4 is 10.2 Å². The summed E-state index contributed by atoms with van der Waals surface area (Å²) in [6, 6.07) is 6.44. The Hall–Kier alpha value is -2.87. The molecule has 2 unspecified atom stereocenters. The van der Waals surface area contributed by atoms with Gasteiger partial charge in [0.15, 0.2) is 0 Å². The fourth-order valence-electron chi connectivity index (χ4n) is 3.33. The van der Waals surface area contributed by atoms with E-state index in [1.54, 1.807) is 31.2 Å². The zero-order chi connectivity index (χ0) is 18.3.